The molecule has 0 spiro atoms. The van der Waals surface area contributed by atoms with Gasteiger partial charge in [-0.1, -0.05) is 26.7 Å². The van der Waals surface area contributed by atoms with E-state index in [2.05, 4.69) is 13.8 Å². The van der Waals surface area contributed by atoms with Crippen LogP contribution >= 0.6 is 7.60 Å². The van der Waals surface area contributed by atoms with Gasteiger partial charge in [0.1, 0.15) is 6.29 Å². The highest BCUT2D eigenvalue weighted by Crippen LogP contribution is 2.45. The maximum absolute atomic E-state index is 12.5. The topological polar surface area (TPSA) is 68.2 Å². The van der Waals surface area contributed by atoms with E-state index < -0.39 is 7.60 Å². The molecule has 25 heavy (non-hydrogen) atoms. The molecule has 5 atom stereocenters. The largest absolute Gasteiger partial charge is 0.381 e. The van der Waals surface area contributed by atoms with Crippen molar-refractivity contribution in [1.82, 2.24) is 4.90 Å². The van der Waals surface area contributed by atoms with E-state index in [0.717, 1.165) is 32.3 Å². The highest BCUT2D eigenvalue weighted by molar-refractivity contribution is 7.52. The van der Waals surface area contributed by atoms with Crippen LogP contribution in [0.4, 0.5) is 0 Å². The quantitative estimate of drug-likeness (QED) is 0.519. The number of rotatable bonds is 12. The highest BCUT2D eigenvalue weighted by atomic mass is 31.2. The van der Waals surface area contributed by atoms with Crippen molar-refractivity contribution in [3.05, 3.63) is 0 Å². The monoisotopic (exact) mass is 379 g/mol. The maximum Gasteiger partial charge on any atom is 0.342 e. The van der Waals surface area contributed by atoms with Crippen molar-refractivity contribution in [1.29, 1.82) is 0 Å². The van der Waals surface area contributed by atoms with Crippen LogP contribution in [0.15, 0.2) is 0 Å². The van der Waals surface area contributed by atoms with E-state index in [4.69, 9.17) is 14.0 Å². The minimum absolute atomic E-state index is 0.0361. The number of ether oxygens (including phenoxy) is 2. The van der Waals surface area contributed by atoms with Gasteiger partial charge >= 0.3 is 7.60 Å². The SMILES string of the molecule is CCCC[C@H](C)[C@H](C[C@H](C)OP(=O)(O)CN(C)[C@@H]1CCCOC1)OC. The van der Waals surface area contributed by atoms with E-state index in [0.29, 0.717) is 18.9 Å². The van der Waals surface area contributed by atoms with Crippen LogP contribution in [-0.4, -0.2) is 61.7 Å². The van der Waals surface area contributed by atoms with Crippen molar-refractivity contribution in [2.45, 2.75) is 77.5 Å². The van der Waals surface area contributed by atoms with Crippen LogP contribution in [-0.2, 0) is 18.6 Å². The van der Waals surface area contributed by atoms with Crippen molar-refractivity contribution in [2.75, 3.05) is 33.7 Å². The van der Waals surface area contributed by atoms with E-state index in [1.807, 2.05) is 18.9 Å². The molecule has 0 radical (unpaired) electrons. The summed E-state index contributed by atoms with van der Waals surface area (Å²) in [5.41, 5.74) is 0. The lowest BCUT2D eigenvalue weighted by molar-refractivity contribution is 0.0152. The van der Waals surface area contributed by atoms with Crippen LogP contribution in [0.25, 0.3) is 0 Å². The Balaban J connectivity index is 2.46. The molecule has 0 saturated carbocycles. The Morgan fingerprint density at radius 1 is 1.40 bits per heavy atom. The number of hydrogen-bond donors (Lipinski definition) is 1. The average molecular weight is 379 g/mol. The van der Waals surface area contributed by atoms with Crippen LogP contribution in [0.5, 0.6) is 0 Å². The van der Waals surface area contributed by atoms with Gasteiger partial charge in [0.25, 0.3) is 0 Å². The molecule has 6 nitrogen and oxygen atoms in total. The predicted octanol–water partition coefficient (Wildman–Crippen LogP) is 3.88. The van der Waals surface area contributed by atoms with Gasteiger partial charge in [-0.2, -0.15) is 0 Å². The molecule has 1 rings (SSSR count). The van der Waals surface area contributed by atoms with Crippen molar-refractivity contribution >= 4 is 7.60 Å². The van der Waals surface area contributed by atoms with Gasteiger partial charge in [0.15, 0.2) is 0 Å². The maximum atomic E-state index is 12.5. The number of hydrogen-bond acceptors (Lipinski definition) is 5. The lowest BCUT2D eigenvalue weighted by Crippen LogP contribution is -2.39. The molecule has 0 amide bonds. The van der Waals surface area contributed by atoms with E-state index in [9.17, 15) is 9.46 Å². The summed E-state index contributed by atoms with van der Waals surface area (Å²) in [6.45, 7) is 7.60. The van der Waals surface area contributed by atoms with Crippen LogP contribution in [0.2, 0.25) is 0 Å². The summed E-state index contributed by atoms with van der Waals surface area (Å²) in [4.78, 5) is 12.2. The molecule has 1 N–H and O–H groups in total. The summed E-state index contributed by atoms with van der Waals surface area (Å²) >= 11 is 0. The molecule has 150 valence electrons. The van der Waals surface area contributed by atoms with Gasteiger partial charge in [0.05, 0.1) is 18.8 Å². The van der Waals surface area contributed by atoms with Crippen molar-refractivity contribution in [3.63, 3.8) is 0 Å². The van der Waals surface area contributed by atoms with Crippen molar-refractivity contribution in [3.8, 4) is 0 Å². The second-order valence-corrected chi connectivity index (χ2v) is 9.22. The molecule has 7 heteroatoms. The fraction of sp³-hybridized carbons (Fsp3) is 1.00. The zero-order valence-corrected chi connectivity index (χ0v) is 17.5. The van der Waals surface area contributed by atoms with E-state index in [-0.39, 0.29) is 24.5 Å². The predicted molar refractivity (Wildman–Crippen MR) is 101 cm³/mol. The summed E-state index contributed by atoms with van der Waals surface area (Å²) in [7, 11) is -0.109. The molecular weight excluding hydrogens is 341 g/mol. The molecule has 1 heterocycles. The van der Waals surface area contributed by atoms with Crippen LogP contribution in [0, 0.1) is 5.92 Å². The molecule has 0 aliphatic carbocycles. The summed E-state index contributed by atoms with van der Waals surface area (Å²) in [5.74, 6) is 0.413. The molecule has 1 fully saturated rings. The van der Waals surface area contributed by atoms with Gasteiger partial charge < -0.3 is 18.9 Å². The Labute approximate surface area is 153 Å². The fourth-order valence-corrected chi connectivity index (χ4v) is 4.94. The first kappa shape index (κ1) is 23.1. The normalized spacial score (nSPS) is 24.7. The number of unbranched alkanes of at least 4 members (excludes halogenated alkanes) is 1. The second kappa shape index (κ2) is 11.7. The van der Waals surface area contributed by atoms with E-state index in [1.54, 1.807) is 7.11 Å². The Morgan fingerprint density at radius 2 is 2.12 bits per heavy atom. The molecule has 1 aliphatic heterocycles. The summed E-state index contributed by atoms with van der Waals surface area (Å²) in [6, 6.07) is 0.189. The standard InChI is InChI=1S/C18H38NO5P/c1-6-7-9-15(2)18(22-5)12-16(3)24-25(20,21)14-19(4)17-10-8-11-23-13-17/h15-18H,6-14H2,1-5H3,(H,20,21)/t15-,16-,17+,18-/m0/s1. The molecule has 0 aromatic rings. The summed E-state index contributed by atoms with van der Waals surface area (Å²) in [6.07, 6.45) is 5.81. The fourth-order valence-electron chi connectivity index (χ4n) is 3.43. The first-order valence-corrected chi connectivity index (χ1v) is 11.4. The lowest BCUT2D eigenvalue weighted by atomic mass is 9.94. The molecule has 0 bridgehead atoms. The number of nitrogens with zero attached hydrogens (tertiary/aromatic N) is 1. The zero-order chi connectivity index (χ0) is 18.9. The molecule has 1 unspecified atom stereocenters. The summed E-state index contributed by atoms with van der Waals surface area (Å²) < 4.78 is 29.1. The van der Waals surface area contributed by atoms with Crippen molar-refractivity contribution in [2.24, 2.45) is 5.92 Å². The Morgan fingerprint density at radius 3 is 2.68 bits per heavy atom. The molecule has 1 aliphatic rings. The third-order valence-corrected chi connectivity index (χ3v) is 6.51. The first-order chi connectivity index (χ1) is 11.8. The lowest BCUT2D eigenvalue weighted by Gasteiger charge is -2.33. The molecule has 0 aromatic heterocycles. The van der Waals surface area contributed by atoms with Crippen LogP contribution in [0.3, 0.4) is 0 Å². The molecular formula is C18H38NO5P. The zero-order valence-electron chi connectivity index (χ0n) is 16.6. The van der Waals surface area contributed by atoms with Gasteiger partial charge in [-0.15, -0.1) is 0 Å². The second-order valence-electron chi connectivity index (χ2n) is 7.45. The highest BCUT2D eigenvalue weighted by Gasteiger charge is 2.30. The van der Waals surface area contributed by atoms with Gasteiger partial charge in [0, 0.05) is 26.2 Å². The smallest absolute Gasteiger partial charge is 0.342 e. The Kier molecular flexibility index (Phi) is 10.8. The average Bonchev–Trinajstić information content (AvgIpc) is 2.57. The van der Waals surface area contributed by atoms with Crippen molar-refractivity contribution < 1.29 is 23.5 Å². The Hall–Kier alpha value is 0.0300. The Bertz CT molecular complexity index is 403. The third-order valence-electron chi connectivity index (χ3n) is 5.02. The molecule has 0 aromatic carbocycles. The van der Waals surface area contributed by atoms with Crippen LogP contribution in [0.1, 0.15) is 59.3 Å². The van der Waals surface area contributed by atoms with Gasteiger partial charge in [-0.05, 0) is 39.2 Å². The molecule has 1 saturated heterocycles. The van der Waals surface area contributed by atoms with Gasteiger partial charge in [-0.3, -0.25) is 9.46 Å². The third kappa shape index (κ3) is 8.98. The first-order valence-electron chi connectivity index (χ1n) is 9.60. The van der Waals surface area contributed by atoms with Crippen LogP contribution < -0.4 is 0 Å². The number of likely N-dealkylation sites (N-methyl/N-ethyl adjacent to an activating group) is 1. The van der Waals surface area contributed by atoms with E-state index in [1.165, 1.54) is 6.42 Å². The summed E-state index contributed by atoms with van der Waals surface area (Å²) in [5, 5.41) is 0. The minimum Gasteiger partial charge on any atom is -0.381 e. The van der Waals surface area contributed by atoms with Gasteiger partial charge in [-0.25, -0.2) is 0 Å². The minimum atomic E-state index is -3.67. The van der Waals surface area contributed by atoms with Gasteiger partial charge in [0.2, 0.25) is 0 Å². The number of methoxy groups -OCH3 is 1. The van der Waals surface area contributed by atoms with E-state index >= 15 is 0 Å².